The van der Waals surface area contributed by atoms with Gasteiger partial charge in [0.15, 0.2) is 0 Å². The summed E-state index contributed by atoms with van der Waals surface area (Å²) in [6.45, 7) is 0.519. The van der Waals surface area contributed by atoms with E-state index in [1.165, 1.54) is 0 Å². The molecule has 0 aliphatic rings. The van der Waals surface area contributed by atoms with Gasteiger partial charge in [0.2, 0.25) is 0 Å². The van der Waals surface area contributed by atoms with Gasteiger partial charge in [0.05, 0.1) is 5.69 Å². The molecule has 2 aromatic rings. The number of nitrogens with zero attached hydrogens (tertiary/aromatic N) is 2. The van der Waals surface area contributed by atoms with Crippen LogP contribution in [0.2, 0.25) is 0 Å². The molecule has 1 aromatic carbocycles. The zero-order chi connectivity index (χ0) is 9.80. The van der Waals surface area contributed by atoms with Crippen LogP contribution in [0.1, 0.15) is 5.69 Å². The summed E-state index contributed by atoms with van der Waals surface area (Å²) >= 11 is 0. The largest absolute Gasteiger partial charge is 0.487 e. The minimum atomic E-state index is 0.519. The maximum absolute atomic E-state index is 5.53. The third kappa shape index (κ3) is 2.13. The summed E-state index contributed by atoms with van der Waals surface area (Å²) in [5, 5.41) is 4.22. The molecule has 0 spiro atoms. The summed E-state index contributed by atoms with van der Waals surface area (Å²) in [4.78, 5) is 0. The van der Waals surface area contributed by atoms with Crippen LogP contribution in [0.5, 0.6) is 5.75 Å². The number of benzene rings is 1. The first-order valence-electron chi connectivity index (χ1n) is 4.51. The third-order valence-corrected chi connectivity index (χ3v) is 1.90. The Morgan fingerprint density at radius 3 is 2.64 bits per heavy atom. The van der Waals surface area contributed by atoms with E-state index in [4.69, 9.17) is 4.74 Å². The molecule has 72 valence electrons. The van der Waals surface area contributed by atoms with Crippen LogP contribution in [0.25, 0.3) is 0 Å². The van der Waals surface area contributed by atoms with E-state index in [1.807, 2.05) is 49.6 Å². The van der Waals surface area contributed by atoms with Crippen LogP contribution in [-0.2, 0) is 13.7 Å². The Balaban J connectivity index is 1.95. The lowest BCUT2D eigenvalue weighted by Gasteiger charge is -2.02. The van der Waals surface area contributed by atoms with Crippen molar-refractivity contribution in [2.75, 3.05) is 0 Å². The molecule has 0 unspecified atom stereocenters. The first-order valence-corrected chi connectivity index (χ1v) is 4.51. The Bertz CT molecular complexity index is 395. The zero-order valence-corrected chi connectivity index (χ0v) is 8.05. The summed E-state index contributed by atoms with van der Waals surface area (Å²) < 4.78 is 7.30. The van der Waals surface area contributed by atoms with Crippen molar-refractivity contribution in [1.82, 2.24) is 9.78 Å². The van der Waals surface area contributed by atoms with Crippen molar-refractivity contribution >= 4 is 0 Å². The minimum absolute atomic E-state index is 0.519. The van der Waals surface area contributed by atoms with Gasteiger partial charge in [0, 0.05) is 13.2 Å². The average Bonchev–Trinajstić information content (AvgIpc) is 2.63. The van der Waals surface area contributed by atoms with Gasteiger partial charge in [-0.15, -0.1) is 0 Å². The van der Waals surface area contributed by atoms with Crippen molar-refractivity contribution in [2.45, 2.75) is 6.61 Å². The second-order valence-corrected chi connectivity index (χ2v) is 3.08. The van der Waals surface area contributed by atoms with Gasteiger partial charge in [0.25, 0.3) is 0 Å². The molecule has 2 rings (SSSR count). The van der Waals surface area contributed by atoms with Crippen molar-refractivity contribution in [3.8, 4) is 5.75 Å². The molecule has 0 saturated carbocycles. The van der Waals surface area contributed by atoms with Crippen LogP contribution in [0, 0.1) is 0 Å². The first-order chi connectivity index (χ1) is 6.84. The van der Waals surface area contributed by atoms with Crippen molar-refractivity contribution in [2.24, 2.45) is 7.05 Å². The van der Waals surface area contributed by atoms with Crippen molar-refractivity contribution in [3.63, 3.8) is 0 Å². The normalized spacial score (nSPS) is 10.1. The van der Waals surface area contributed by atoms with Gasteiger partial charge in [0.1, 0.15) is 12.4 Å². The van der Waals surface area contributed by atoms with Gasteiger partial charge in [-0.2, -0.15) is 5.10 Å². The fraction of sp³-hybridized carbons (Fsp3) is 0.182. The smallest absolute Gasteiger partial charge is 0.132 e. The van der Waals surface area contributed by atoms with E-state index < -0.39 is 0 Å². The van der Waals surface area contributed by atoms with Gasteiger partial charge in [-0.3, -0.25) is 4.68 Å². The zero-order valence-electron chi connectivity index (χ0n) is 8.05. The van der Waals surface area contributed by atoms with Gasteiger partial charge >= 0.3 is 0 Å². The van der Waals surface area contributed by atoms with Crippen LogP contribution in [0.15, 0.2) is 42.6 Å². The summed E-state index contributed by atoms with van der Waals surface area (Å²) in [5.41, 5.74) is 0.941. The van der Waals surface area contributed by atoms with E-state index in [2.05, 4.69) is 5.10 Å². The third-order valence-electron chi connectivity index (χ3n) is 1.90. The molecule has 0 saturated heterocycles. The molecule has 14 heavy (non-hydrogen) atoms. The van der Waals surface area contributed by atoms with Crippen LogP contribution in [-0.4, -0.2) is 9.78 Å². The van der Waals surface area contributed by atoms with E-state index in [0.717, 1.165) is 11.4 Å². The van der Waals surface area contributed by atoms with Gasteiger partial charge < -0.3 is 4.74 Å². The number of hydrogen-bond acceptors (Lipinski definition) is 2. The first kappa shape index (κ1) is 8.81. The van der Waals surface area contributed by atoms with E-state index in [0.29, 0.717) is 6.61 Å². The lowest BCUT2D eigenvalue weighted by molar-refractivity contribution is 0.300. The lowest BCUT2D eigenvalue weighted by Crippen LogP contribution is -1.97. The Kier molecular flexibility index (Phi) is 2.49. The Morgan fingerprint density at radius 2 is 2.00 bits per heavy atom. The number of aromatic nitrogens is 2. The second kappa shape index (κ2) is 3.96. The van der Waals surface area contributed by atoms with Crippen molar-refractivity contribution in [3.05, 3.63) is 48.3 Å². The highest BCUT2D eigenvalue weighted by atomic mass is 16.5. The highest BCUT2D eigenvalue weighted by molar-refractivity contribution is 5.21. The second-order valence-electron chi connectivity index (χ2n) is 3.08. The summed E-state index contributed by atoms with van der Waals surface area (Å²) in [7, 11) is 1.89. The van der Waals surface area contributed by atoms with Gasteiger partial charge in [-0.05, 0) is 18.2 Å². The van der Waals surface area contributed by atoms with Gasteiger partial charge in [-0.25, -0.2) is 0 Å². The van der Waals surface area contributed by atoms with E-state index in [9.17, 15) is 0 Å². The molecule has 1 heterocycles. The predicted molar refractivity (Wildman–Crippen MR) is 54.0 cm³/mol. The fourth-order valence-electron chi connectivity index (χ4n) is 1.21. The van der Waals surface area contributed by atoms with E-state index >= 15 is 0 Å². The van der Waals surface area contributed by atoms with Crippen LogP contribution < -0.4 is 4.74 Å². The molecule has 0 atom stereocenters. The topological polar surface area (TPSA) is 27.1 Å². The number of para-hydroxylation sites is 1. The highest BCUT2D eigenvalue weighted by Gasteiger charge is 1.97. The maximum atomic E-state index is 5.53. The molecule has 0 radical (unpaired) electrons. The molecular weight excluding hydrogens is 176 g/mol. The molecule has 1 aromatic heterocycles. The van der Waals surface area contributed by atoms with E-state index in [1.54, 1.807) is 4.68 Å². The number of rotatable bonds is 3. The lowest BCUT2D eigenvalue weighted by atomic mass is 10.3. The quantitative estimate of drug-likeness (QED) is 0.736. The average molecular weight is 188 g/mol. The number of ether oxygens (including phenoxy) is 1. The predicted octanol–water partition coefficient (Wildman–Crippen LogP) is 2.00. The molecule has 0 bridgehead atoms. The fourth-order valence-corrected chi connectivity index (χ4v) is 1.21. The Labute approximate surface area is 82.9 Å². The molecule has 0 aliphatic carbocycles. The summed E-state index contributed by atoms with van der Waals surface area (Å²) in [6, 6.07) is 11.7. The molecule has 3 nitrogen and oxygen atoms in total. The molecular formula is C11H12N2O. The molecule has 3 heteroatoms. The summed E-state index contributed by atoms with van der Waals surface area (Å²) in [5.74, 6) is 0.873. The summed E-state index contributed by atoms with van der Waals surface area (Å²) in [6.07, 6.45) is 1.91. The van der Waals surface area contributed by atoms with E-state index in [-0.39, 0.29) is 0 Å². The van der Waals surface area contributed by atoms with Crippen LogP contribution >= 0.6 is 0 Å². The Morgan fingerprint density at radius 1 is 1.21 bits per heavy atom. The molecule has 0 aliphatic heterocycles. The molecule has 0 N–H and O–H groups in total. The highest BCUT2D eigenvalue weighted by Crippen LogP contribution is 2.10. The van der Waals surface area contributed by atoms with Gasteiger partial charge in [-0.1, -0.05) is 18.2 Å². The minimum Gasteiger partial charge on any atom is -0.487 e. The Hall–Kier alpha value is -1.77. The number of hydrogen-bond donors (Lipinski definition) is 0. The SMILES string of the molecule is Cn1ccc(COc2ccccc2)n1. The maximum Gasteiger partial charge on any atom is 0.132 e. The molecule has 0 fully saturated rings. The molecule has 0 amide bonds. The van der Waals surface area contributed by atoms with Crippen LogP contribution in [0.4, 0.5) is 0 Å². The van der Waals surface area contributed by atoms with Crippen molar-refractivity contribution < 1.29 is 4.74 Å². The number of aryl methyl sites for hydroxylation is 1. The van der Waals surface area contributed by atoms with Crippen molar-refractivity contribution in [1.29, 1.82) is 0 Å². The van der Waals surface area contributed by atoms with Crippen LogP contribution in [0.3, 0.4) is 0 Å². The monoisotopic (exact) mass is 188 g/mol. The standard InChI is InChI=1S/C11H12N2O/c1-13-8-7-10(12-13)9-14-11-5-3-2-4-6-11/h2-8H,9H2,1H3.